The molecular formula is C14H17N3O2S. The van der Waals surface area contributed by atoms with Crippen molar-refractivity contribution in [2.24, 2.45) is 0 Å². The van der Waals surface area contributed by atoms with Gasteiger partial charge >= 0.3 is 5.97 Å². The van der Waals surface area contributed by atoms with Gasteiger partial charge in [-0.2, -0.15) is 17.0 Å². The van der Waals surface area contributed by atoms with Crippen molar-refractivity contribution >= 4 is 23.5 Å². The first-order valence-electron chi connectivity index (χ1n) is 6.47. The minimum Gasteiger partial charge on any atom is -0.481 e. The zero-order valence-corrected chi connectivity index (χ0v) is 12.4. The van der Waals surface area contributed by atoms with Gasteiger partial charge in [0.2, 0.25) is 0 Å². The number of pyridine rings is 1. The Labute approximate surface area is 122 Å². The fraction of sp³-hybridized carbons (Fsp3) is 0.500. The van der Waals surface area contributed by atoms with Crippen LogP contribution in [0.15, 0.2) is 6.07 Å². The highest BCUT2D eigenvalue weighted by molar-refractivity contribution is 7.99. The van der Waals surface area contributed by atoms with E-state index in [0.29, 0.717) is 11.4 Å². The normalized spacial score (nSPS) is 18.6. The molecule has 0 amide bonds. The summed E-state index contributed by atoms with van der Waals surface area (Å²) in [6.07, 6.45) is 0.0759. The van der Waals surface area contributed by atoms with Crippen LogP contribution in [0.5, 0.6) is 0 Å². The maximum absolute atomic E-state index is 11.0. The van der Waals surface area contributed by atoms with Crippen molar-refractivity contribution in [3.8, 4) is 6.07 Å². The molecule has 1 aliphatic rings. The van der Waals surface area contributed by atoms with Gasteiger partial charge in [0.15, 0.2) is 0 Å². The van der Waals surface area contributed by atoms with Crippen LogP contribution in [0.3, 0.4) is 0 Å². The van der Waals surface area contributed by atoms with Crippen LogP contribution in [-0.2, 0) is 4.79 Å². The number of nitrogens with zero attached hydrogens (tertiary/aromatic N) is 3. The van der Waals surface area contributed by atoms with E-state index in [1.54, 1.807) is 11.8 Å². The van der Waals surface area contributed by atoms with E-state index in [1.807, 2.05) is 24.8 Å². The van der Waals surface area contributed by atoms with Crippen molar-refractivity contribution in [1.29, 1.82) is 5.26 Å². The molecule has 6 heteroatoms. The Morgan fingerprint density at radius 3 is 3.05 bits per heavy atom. The van der Waals surface area contributed by atoms with Gasteiger partial charge in [0.05, 0.1) is 12.0 Å². The number of aliphatic carboxylic acids is 1. The smallest absolute Gasteiger partial charge is 0.305 e. The van der Waals surface area contributed by atoms with Crippen molar-refractivity contribution in [3.63, 3.8) is 0 Å². The van der Waals surface area contributed by atoms with Crippen LogP contribution in [0.25, 0.3) is 0 Å². The third-order valence-corrected chi connectivity index (χ3v) is 4.44. The molecule has 0 saturated carbocycles. The van der Waals surface area contributed by atoms with Crippen LogP contribution >= 0.6 is 11.8 Å². The molecule has 2 heterocycles. The monoisotopic (exact) mass is 291 g/mol. The Hall–Kier alpha value is -1.74. The minimum atomic E-state index is -0.814. The number of anilines is 1. The number of nitriles is 1. The molecule has 5 nitrogen and oxygen atoms in total. The van der Waals surface area contributed by atoms with Crippen LogP contribution < -0.4 is 4.90 Å². The lowest BCUT2D eigenvalue weighted by molar-refractivity contribution is -0.137. The highest BCUT2D eigenvalue weighted by Crippen LogP contribution is 2.28. The molecule has 1 atom stereocenters. The number of aryl methyl sites for hydroxylation is 2. The van der Waals surface area contributed by atoms with Crippen molar-refractivity contribution in [1.82, 2.24) is 4.98 Å². The predicted molar refractivity (Wildman–Crippen MR) is 79.1 cm³/mol. The van der Waals surface area contributed by atoms with Crippen molar-refractivity contribution in [2.75, 3.05) is 23.0 Å². The lowest BCUT2D eigenvalue weighted by atomic mass is 10.1. The van der Waals surface area contributed by atoms with E-state index in [0.717, 1.165) is 29.3 Å². The quantitative estimate of drug-likeness (QED) is 0.917. The number of thioether (sulfide) groups is 1. The molecule has 1 N–H and O–H groups in total. The second kappa shape index (κ2) is 6.14. The van der Waals surface area contributed by atoms with Gasteiger partial charge in [-0.05, 0) is 25.5 Å². The Kier molecular flexibility index (Phi) is 4.50. The summed E-state index contributed by atoms with van der Waals surface area (Å²) in [6.45, 7) is 4.51. The Morgan fingerprint density at radius 2 is 2.40 bits per heavy atom. The molecular weight excluding hydrogens is 274 g/mol. The molecule has 1 aromatic heterocycles. The van der Waals surface area contributed by atoms with E-state index in [4.69, 9.17) is 5.11 Å². The Bertz CT molecular complexity index is 568. The summed E-state index contributed by atoms with van der Waals surface area (Å²) in [5.74, 6) is 1.50. The number of carbonyl (C=O) groups is 1. The lowest BCUT2D eigenvalue weighted by Gasteiger charge is -2.36. The highest BCUT2D eigenvalue weighted by atomic mass is 32.2. The van der Waals surface area contributed by atoms with Crippen LogP contribution in [0.4, 0.5) is 5.82 Å². The molecule has 0 bridgehead atoms. The van der Waals surface area contributed by atoms with E-state index in [-0.39, 0.29) is 12.5 Å². The molecule has 1 unspecified atom stereocenters. The molecule has 0 spiro atoms. The van der Waals surface area contributed by atoms with E-state index in [1.165, 1.54) is 0 Å². The summed E-state index contributed by atoms with van der Waals surface area (Å²) in [6, 6.07) is 3.98. The van der Waals surface area contributed by atoms with Crippen LogP contribution in [0.1, 0.15) is 23.2 Å². The van der Waals surface area contributed by atoms with Gasteiger partial charge in [-0.25, -0.2) is 4.98 Å². The van der Waals surface area contributed by atoms with Crippen LogP contribution in [0.2, 0.25) is 0 Å². The Morgan fingerprint density at radius 1 is 1.65 bits per heavy atom. The maximum Gasteiger partial charge on any atom is 0.305 e. The molecule has 0 aromatic carbocycles. The van der Waals surface area contributed by atoms with Gasteiger partial charge < -0.3 is 10.0 Å². The summed E-state index contributed by atoms with van der Waals surface area (Å²) >= 11 is 1.75. The average molecular weight is 291 g/mol. The maximum atomic E-state index is 11.0. The first-order valence-corrected chi connectivity index (χ1v) is 7.63. The van der Waals surface area contributed by atoms with Crippen molar-refractivity contribution < 1.29 is 9.90 Å². The largest absolute Gasteiger partial charge is 0.481 e. The first-order chi connectivity index (χ1) is 9.52. The fourth-order valence-corrected chi connectivity index (χ4v) is 3.53. The number of carboxylic acids is 1. The Balaban J connectivity index is 2.42. The molecule has 0 radical (unpaired) electrons. The second-order valence-corrected chi connectivity index (χ2v) is 6.06. The predicted octanol–water partition coefficient (Wildman–Crippen LogP) is 1.97. The van der Waals surface area contributed by atoms with Crippen LogP contribution in [0, 0.1) is 25.2 Å². The summed E-state index contributed by atoms with van der Waals surface area (Å²) in [5, 5.41) is 18.4. The summed E-state index contributed by atoms with van der Waals surface area (Å²) in [7, 11) is 0. The van der Waals surface area contributed by atoms with Gasteiger partial charge in [-0.3, -0.25) is 4.79 Å². The summed E-state index contributed by atoms with van der Waals surface area (Å²) in [4.78, 5) is 17.5. The number of hydrogen-bond acceptors (Lipinski definition) is 5. The summed E-state index contributed by atoms with van der Waals surface area (Å²) in [5.41, 5.74) is 2.30. The average Bonchev–Trinajstić information content (AvgIpc) is 2.38. The summed E-state index contributed by atoms with van der Waals surface area (Å²) < 4.78 is 0. The minimum absolute atomic E-state index is 0.0759. The number of aromatic nitrogens is 1. The van der Waals surface area contributed by atoms with E-state index >= 15 is 0 Å². The van der Waals surface area contributed by atoms with E-state index in [2.05, 4.69) is 11.1 Å². The third-order valence-electron chi connectivity index (χ3n) is 3.35. The van der Waals surface area contributed by atoms with E-state index < -0.39 is 5.97 Å². The zero-order chi connectivity index (χ0) is 14.7. The zero-order valence-electron chi connectivity index (χ0n) is 11.6. The molecule has 1 aromatic rings. The van der Waals surface area contributed by atoms with Gasteiger partial charge in [0, 0.05) is 29.8 Å². The third kappa shape index (κ3) is 3.05. The molecule has 0 aliphatic carbocycles. The molecule has 1 saturated heterocycles. The molecule has 20 heavy (non-hydrogen) atoms. The van der Waals surface area contributed by atoms with E-state index in [9.17, 15) is 10.1 Å². The number of rotatable bonds is 3. The van der Waals surface area contributed by atoms with Crippen molar-refractivity contribution in [3.05, 3.63) is 22.9 Å². The standard InChI is InChI=1S/C14H17N3O2S/c1-9-5-10(2)16-14(12(9)7-15)17-3-4-20-8-11(17)6-13(18)19/h5,11H,3-4,6,8H2,1-2H3,(H,18,19). The van der Waals surface area contributed by atoms with Gasteiger partial charge in [0.1, 0.15) is 11.9 Å². The molecule has 106 valence electrons. The highest BCUT2D eigenvalue weighted by Gasteiger charge is 2.28. The number of carboxylic acid groups (broad SMARTS) is 1. The molecule has 1 aliphatic heterocycles. The van der Waals surface area contributed by atoms with Crippen LogP contribution in [-0.4, -0.2) is 40.2 Å². The first kappa shape index (κ1) is 14.7. The van der Waals surface area contributed by atoms with Crippen molar-refractivity contribution in [2.45, 2.75) is 26.3 Å². The van der Waals surface area contributed by atoms with Gasteiger partial charge in [0.25, 0.3) is 0 Å². The number of hydrogen-bond donors (Lipinski definition) is 1. The SMILES string of the molecule is Cc1cc(C)c(C#N)c(N2CCSCC2CC(=O)O)n1. The van der Waals surface area contributed by atoms with Gasteiger partial charge in [-0.15, -0.1) is 0 Å². The molecule has 1 fully saturated rings. The topological polar surface area (TPSA) is 77.2 Å². The lowest BCUT2D eigenvalue weighted by Crippen LogP contribution is -2.44. The van der Waals surface area contributed by atoms with Gasteiger partial charge in [-0.1, -0.05) is 0 Å². The second-order valence-electron chi connectivity index (χ2n) is 4.91. The molecule has 2 rings (SSSR count). The fourth-order valence-electron chi connectivity index (χ4n) is 2.47.